The van der Waals surface area contributed by atoms with Crippen molar-refractivity contribution in [1.29, 1.82) is 0 Å². The summed E-state index contributed by atoms with van der Waals surface area (Å²) in [5.74, 6) is 0. The summed E-state index contributed by atoms with van der Waals surface area (Å²) in [6.45, 7) is 0. The van der Waals surface area contributed by atoms with E-state index in [4.69, 9.17) is 0 Å². The second-order valence-electron chi connectivity index (χ2n) is 9.03. The van der Waals surface area contributed by atoms with Crippen molar-refractivity contribution < 1.29 is 0 Å². The van der Waals surface area contributed by atoms with Crippen molar-refractivity contribution in [3.63, 3.8) is 0 Å². The Hall–Kier alpha value is -3.94. The molecular weight excluding hydrogens is 488 g/mol. The summed E-state index contributed by atoms with van der Waals surface area (Å²) >= 11 is 4.09. The largest absolute Gasteiger partial charge is 0.0622 e. The van der Waals surface area contributed by atoms with Gasteiger partial charge in [0.15, 0.2) is 0 Å². The van der Waals surface area contributed by atoms with Crippen molar-refractivity contribution in [2.45, 2.75) is 0 Å². The van der Waals surface area contributed by atoms with Crippen LogP contribution in [-0.2, 0) is 0 Å². The van der Waals surface area contributed by atoms with Gasteiger partial charge in [-0.05, 0) is 82.1 Å². The first-order valence-electron chi connectivity index (χ1n) is 11.9. The highest BCUT2D eigenvalue weighted by molar-refractivity contribution is 9.10. The molecule has 0 aliphatic heterocycles. The predicted molar refractivity (Wildman–Crippen MR) is 154 cm³/mol. The SMILES string of the molecule is Brc1c(-c2ccccc2)c(-c2ccccc2)c2c(-c3ccccc3)cc3cccc4ccc1c2c43. The van der Waals surface area contributed by atoms with Gasteiger partial charge in [-0.1, -0.05) is 121 Å². The zero-order chi connectivity index (χ0) is 23.4. The quantitative estimate of drug-likeness (QED) is 0.208. The van der Waals surface area contributed by atoms with Crippen LogP contribution in [-0.4, -0.2) is 0 Å². The molecule has 0 aromatic heterocycles. The monoisotopic (exact) mass is 508 g/mol. The lowest BCUT2D eigenvalue weighted by molar-refractivity contribution is 1.60. The summed E-state index contributed by atoms with van der Waals surface area (Å²) in [5, 5.41) is 7.77. The third-order valence-corrected chi connectivity index (χ3v) is 7.89. The predicted octanol–water partition coefficient (Wildman–Crippen LogP) is 10.3. The van der Waals surface area contributed by atoms with Crippen LogP contribution in [0.3, 0.4) is 0 Å². The van der Waals surface area contributed by atoms with Crippen molar-refractivity contribution in [1.82, 2.24) is 0 Å². The van der Waals surface area contributed by atoms with Crippen LogP contribution in [0.15, 0.2) is 132 Å². The second kappa shape index (κ2) is 8.08. The van der Waals surface area contributed by atoms with Gasteiger partial charge in [-0.25, -0.2) is 0 Å². The molecule has 7 aromatic carbocycles. The van der Waals surface area contributed by atoms with E-state index in [-0.39, 0.29) is 0 Å². The van der Waals surface area contributed by atoms with E-state index in [0.717, 1.165) is 4.47 Å². The zero-order valence-corrected chi connectivity index (χ0v) is 20.6. The average molecular weight is 509 g/mol. The molecule has 0 atom stereocenters. The van der Waals surface area contributed by atoms with Crippen LogP contribution in [0.4, 0.5) is 0 Å². The molecule has 7 aromatic rings. The van der Waals surface area contributed by atoms with Crippen molar-refractivity contribution in [2.75, 3.05) is 0 Å². The van der Waals surface area contributed by atoms with Gasteiger partial charge in [-0.2, -0.15) is 0 Å². The molecule has 0 heterocycles. The van der Waals surface area contributed by atoms with Gasteiger partial charge in [0.1, 0.15) is 0 Å². The van der Waals surface area contributed by atoms with E-state index in [1.54, 1.807) is 0 Å². The van der Waals surface area contributed by atoms with E-state index in [9.17, 15) is 0 Å². The molecule has 0 N–H and O–H groups in total. The summed E-state index contributed by atoms with van der Waals surface area (Å²) in [4.78, 5) is 0. The Morgan fingerprint density at radius 1 is 0.400 bits per heavy atom. The summed E-state index contributed by atoms with van der Waals surface area (Å²) in [7, 11) is 0. The van der Waals surface area contributed by atoms with E-state index < -0.39 is 0 Å². The lowest BCUT2D eigenvalue weighted by atomic mass is 9.81. The molecule has 0 spiro atoms. The van der Waals surface area contributed by atoms with Gasteiger partial charge in [0, 0.05) is 10.0 Å². The Balaban J connectivity index is 1.81. The van der Waals surface area contributed by atoms with Crippen molar-refractivity contribution in [2.24, 2.45) is 0 Å². The molecule has 35 heavy (non-hydrogen) atoms. The Morgan fingerprint density at radius 2 is 0.971 bits per heavy atom. The Labute approximate surface area is 212 Å². The Morgan fingerprint density at radius 3 is 1.63 bits per heavy atom. The highest BCUT2D eigenvalue weighted by atomic mass is 79.9. The van der Waals surface area contributed by atoms with Crippen molar-refractivity contribution in [3.8, 4) is 33.4 Å². The summed E-state index contributed by atoms with van der Waals surface area (Å²) in [6, 6.07) is 46.0. The lowest BCUT2D eigenvalue weighted by Crippen LogP contribution is -1.96. The second-order valence-corrected chi connectivity index (χ2v) is 9.82. The van der Waals surface area contributed by atoms with E-state index in [1.165, 1.54) is 65.7 Å². The van der Waals surface area contributed by atoms with E-state index >= 15 is 0 Å². The van der Waals surface area contributed by atoms with Crippen LogP contribution in [0, 0.1) is 0 Å². The molecule has 0 fully saturated rings. The van der Waals surface area contributed by atoms with Crippen LogP contribution in [0.1, 0.15) is 0 Å². The molecule has 0 nitrogen and oxygen atoms in total. The van der Waals surface area contributed by atoms with E-state index in [2.05, 4.69) is 143 Å². The third-order valence-electron chi connectivity index (χ3n) is 7.06. The number of hydrogen-bond donors (Lipinski definition) is 0. The lowest BCUT2D eigenvalue weighted by Gasteiger charge is -2.23. The molecule has 0 saturated heterocycles. The van der Waals surface area contributed by atoms with Crippen LogP contribution < -0.4 is 0 Å². The van der Waals surface area contributed by atoms with Crippen LogP contribution in [0.5, 0.6) is 0 Å². The minimum atomic E-state index is 1.15. The van der Waals surface area contributed by atoms with Gasteiger partial charge in [-0.3, -0.25) is 0 Å². The zero-order valence-electron chi connectivity index (χ0n) is 19.0. The number of rotatable bonds is 3. The van der Waals surface area contributed by atoms with E-state index in [0.29, 0.717) is 0 Å². The molecule has 0 amide bonds. The van der Waals surface area contributed by atoms with Gasteiger partial charge < -0.3 is 0 Å². The molecule has 0 saturated carbocycles. The molecule has 164 valence electrons. The molecule has 0 aliphatic carbocycles. The smallest absolute Gasteiger partial charge is 0.0339 e. The van der Waals surface area contributed by atoms with Gasteiger partial charge in [0.2, 0.25) is 0 Å². The van der Waals surface area contributed by atoms with Crippen LogP contribution >= 0.6 is 15.9 Å². The first-order valence-corrected chi connectivity index (χ1v) is 12.7. The van der Waals surface area contributed by atoms with Crippen LogP contribution in [0.25, 0.3) is 65.7 Å². The third kappa shape index (κ3) is 3.12. The van der Waals surface area contributed by atoms with Gasteiger partial charge in [0.05, 0.1) is 0 Å². The standard InChI is InChI=1S/C34H21Br/c35-34-27-20-19-25-17-10-18-26-21-28(22-11-4-1-5-12-22)33(32(27)29(25)26)30(23-13-6-2-7-14-23)31(34)24-15-8-3-9-16-24/h1-21H. The average Bonchev–Trinajstić information content (AvgIpc) is 2.93. The fraction of sp³-hybridized carbons (Fsp3) is 0. The molecule has 7 rings (SSSR count). The Kier molecular flexibility index (Phi) is 4.72. The topological polar surface area (TPSA) is 0 Å². The van der Waals surface area contributed by atoms with Gasteiger partial charge in [0.25, 0.3) is 0 Å². The first-order chi connectivity index (χ1) is 17.3. The highest BCUT2D eigenvalue weighted by Crippen LogP contribution is 2.52. The van der Waals surface area contributed by atoms with Crippen LogP contribution in [0.2, 0.25) is 0 Å². The fourth-order valence-corrected chi connectivity index (χ4v) is 6.33. The first kappa shape index (κ1) is 20.4. The molecular formula is C34H21Br. The minimum absolute atomic E-state index is 1.15. The maximum atomic E-state index is 4.09. The van der Waals surface area contributed by atoms with Gasteiger partial charge >= 0.3 is 0 Å². The number of hydrogen-bond acceptors (Lipinski definition) is 0. The number of halogens is 1. The number of benzene rings is 7. The minimum Gasteiger partial charge on any atom is -0.0622 e. The molecule has 0 aliphatic rings. The maximum absolute atomic E-state index is 4.09. The molecule has 0 bridgehead atoms. The maximum Gasteiger partial charge on any atom is 0.0339 e. The van der Waals surface area contributed by atoms with Crippen molar-refractivity contribution in [3.05, 3.63) is 132 Å². The van der Waals surface area contributed by atoms with Gasteiger partial charge in [-0.15, -0.1) is 0 Å². The summed E-state index contributed by atoms with van der Waals surface area (Å²) in [5.41, 5.74) is 7.45. The fourth-order valence-electron chi connectivity index (χ4n) is 5.58. The summed E-state index contributed by atoms with van der Waals surface area (Å²) < 4.78 is 1.15. The van der Waals surface area contributed by atoms with E-state index in [1.807, 2.05) is 0 Å². The molecule has 0 radical (unpaired) electrons. The normalized spacial score (nSPS) is 11.6. The van der Waals surface area contributed by atoms with Crippen molar-refractivity contribution >= 4 is 48.2 Å². The molecule has 1 heteroatoms. The highest BCUT2D eigenvalue weighted by Gasteiger charge is 2.23. The Bertz CT molecular complexity index is 1820. The molecule has 0 unspecified atom stereocenters. The summed E-state index contributed by atoms with van der Waals surface area (Å²) in [6.07, 6.45) is 0.